The normalized spacial score (nSPS) is 17.4. The van der Waals surface area contributed by atoms with Gasteiger partial charge in [0.15, 0.2) is 6.61 Å². The number of hydrogen-bond acceptors (Lipinski definition) is 5. The zero-order valence-corrected chi connectivity index (χ0v) is 14.0. The second-order valence-corrected chi connectivity index (χ2v) is 5.93. The Morgan fingerprint density at radius 2 is 2.12 bits per heavy atom. The number of hydrogen-bond donors (Lipinski definition) is 0. The van der Waals surface area contributed by atoms with Gasteiger partial charge < -0.3 is 9.64 Å². The van der Waals surface area contributed by atoms with Crippen molar-refractivity contribution in [1.82, 2.24) is 4.90 Å². The molecule has 1 heterocycles. The number of ether oxygens (including phenoxy) is 1. The molecule has 1 atom stereocenters. The van der Waals surface area contributed by atoms with Gasteiger partial charge in [-0.15, -0.1) is 0 Å². The highest BCUT2D eigenvalue weighted by molar-refractivity contribution is 5.93. The number of likely N-dealkylation sites (tertiary alicyclic amines) is 1. The van der Waals surface area contributed by atoms with Crippen molar-refractivity contribution in [2.24, 2.45) is 0 Å². The molecule has 1 aromatic rings. The van der Waals surface area contributed by atoms with Gasteiger partial charge in [0.1, 0.15) is 0 Å². The Hall–Kier alpha value is -2.44. The number of amides is 1. The van der Waals surface area contributed by atoms with E-state index in [1.807, 2.05) is 6.92 Å². The smallest absolute Gasteiger partial charge is 0.339 e. The Bertz CT molecular complexity index is 644. The molecular formula is C17H22N2O5. The van der Waals surface area contributed by atoms with Crippen LogP contribution >= 0.6 is 0 Å². The summed E-state index contributed by atoms with van der Waals surface area (Å²) in [6.45, 7) is 3.88. The van der Waals surface area contributed by atoms with Crippen molar-refractivity contribution in [3.63, 3.8) is 0 Å². The summed E-state index contributed by atoms with van der Waals surface area (Å²) in [6.07, 6.45) is 3.92. The molecule has 1 aliphatic heterocycles. The Morgan fingerprint density at radius 3 is 2.79 bits per heavy atom. The summed E-state index contributed by atoms with van der Waals surface area (Å²) in [5, 5.41) is 10.9. The van der Waals surface area contributed by atoms with Crippen molar-refractivity contribution in [2.45, 2.75) is 45.6 Å². The number of nitro benzene ring substituents is 1. The van der Waals surface area contributed by atoms with Crippen molar-refractivity contribution < 1.29 is 19.2 Å². The van der Waals surface area contributed by atoms with Crippen LogP contribution in [-0.4, -0.2) is 40.9 Å². The molecule has 1 amide bonds. The quantitative estimate of drug-likeness (QED) is 0.469. The molecule has 0 unspecified atom stereocenters. The van der Waals surface area contributed by atoms with Crippen LogP contribution in [0.4, 0.5) is 5.69 Å². The van der Waals surface area contributed by atoms with Gasteiger partial charge >= 0.3 is 5.97 Å². The van der Waals surface area contributed by atoms with Crippen molar-refractivity contribution in [3.8, 4) is 0 Å². The average Bonchev–Trinajstić information content (AvgIpc) is 2.59. The minimum atomic E-state index is -0.713. The topological polar surface area (TPSA) is 89.8 Å². The summed E-state index contributed by atoms with van der Waals surface area (Å²) >= 11 is 0. The van der Waals surface area contributed by atoms with E-state index in [1.165, 1.54) is 25.1 Å². The van der Waals surface area contributed by atoms with Gasteiger partial charge in [0, 0.05) is 24.2 Å². The lowest BCUT2D eigenvalue weighted by atomic mass is 10.00. The predicted octanol–water partition coefficient (Wildman–Crippen LogP) is 2.85. The number of piperidine rings is 1. The van der Waals surface area contributed by atoms with Gasteiger partial charge in [0.2, 0.25) is 0 Å². The molecule has 0 bridgehead atoms. The Balaban J connectivity index is 2.01. The van der Waals surface area contributed by atoms with Gasteiger partial charge in [0.25, 0.3) is 11.6 Å². The van der Waals surface area contributed by atoms with Crippen molar-refractivity contribution in [3.05, 3.63) is 39.4 Å². The number of esters is 1. The van der Waals surface area contributed by atoms with E-state index in [0.29, 0.717) is 6.54 Å². The average molecular weight is 334 g/mol. The van der Waals surface area contributed by atoms with Crippen LogP contribution in [0.1, 0.15) is 48.5 Å². The molecule has 1 aromatic carbocycles. The molecule has 0 radical (unpaired) electrons. The van der Waals surface area contributed by atoms with Gasteiger partial charge in [-0.05, 0) is 38.7 Å². The summed E-state index contributed by atoms with van der Waals surface area (Å²) in [4.78, 5) is 36.6. The maximum Gasteiger partial charge on any atom is 0.339 e. The van der Waals surface area contributed by atoms with E-state index >= 15 is 0 Å². The van der Waals surface area contributed by atoms with Crippen molar-refractivity contribution >= 4 is 17.6 Å². The van der Waals surface area contributed by atoms with E-state index in [9.17, 15) is 19.7 Å². The first-order valence-corrected chi connectivity index (χ1v) is 8.16. The molecule has 0 spiro atoms. The predicted molar refractivity (Wildman–Crippen MR) is 87.8 cm³/mol. The summed E-state index contributed by atoms with van der Waals surface area (Å²) in [6, 6.07) is 4.42. The monoisotopic (exact) mass is 334 g/mol. The van der Waals surface area contributed by atoms with E-state index < -0.39 is 10.9 Å². The Kier molecular flexibility index (Phi) is 5.89. The van der Waals surface area contributed by atoms with Gasteiger partial charge in [-0.25, -0.2) is 4.79 Å². The van der Waals surface area contributed by atoms with Gasteiger partial charge in [0.05, 0.1) is 10.5 Å². The molecule has 0 aromatic heterocycles. The molecule has 1 aliphatic rings. The minimum Gasteiger partial charge on any atom is -0.452 e. The van der Waals surface area contributed by atoms with Crippen LogP contribution in [0.5, 0.6) is 0 Å². The van der Waals surface area contributed by atoms with Gasteiger partial charge in [-0.2, -0.15) is 0 Å². The number of carbonyl (C=O) groups excluding carboxylic acids is 2. The molecule has 7 heteroatoms. The standard InChI is InChI=1S/C17H22N2O5/c1-3-13-7-4-5-10-18(13)16(20)11-24-17(21)14-8-6-9-15(12(14)2)19(22)23/h6,8-9,13H,3-5,7,10-11H2,1-2H3/t13-/m0/s1. The largest absolute Gasteiger partial charge is 0.452 e. The molecule has 24 heavy (non-hydrogen) atoms. The van der Waals surface area contributed by atoms with Crippen molar-refractivity contribution in [2.75, 3.05) is 13.2 Å². The summed E-state index contributed by atoms with van der Waals surface area (Å²) < 4.78 is 5.10. The van der Waals surface area contributed by atoms with Crippen LogP contribution in [0, 0.1) is 17.0 Å². The number of nitro groups is 1. The lowest BCUT2D eigenvalue weighted by Crippen LogP contribution is -2.45. The minimum absolute atomic E-state index is 0.114. The van der Waals surface area contributed by atoms with Crippen LogP contribution in [-0.2, 0) is 9.53 Å². The fourth-order valence-corrected chi connectivity index (χ4v) is 3.08. The molecule has 1 saturated heterocycles. The van der Waals surface area contributed by atoms with E-state index in [-0.39, 0.29) is 35.4 Å². The third kappa shape index (κ3) is 3.90. The zero-order valence-electron chi connectivity index (χ0n) is 14.0. The summed E-state index contributed by atoms with van der Waals surface area (Å²) in [5.74, 6) is -0.924. The molecule has 7 nitrogen and oxygen atoms in total. The SMILES string of the molecule is CC[C@H]1CCCCN1C(=O)COC(=O)c1cccc([N+](=O)[O-])c1C. The number of nitrogens with zero attached hydrogens (tertiary/aromatic N) is 2. The molecule has 0 N–H and O–H groups in total. The first-order chi connectivity index (χ1) is 11.5. The van der Waals surface area contributed by atoms with Crippen LogP contribution in [0.25, 0.3) is 0 Å². The fraction of sp³-hybridized carbons (Fsp3) is 0.529. The molecule has 0 aliphatic carbocycles. The second-order valence-electron chi connectivity index (χ2n) is 5.93. The Morgan fingerprint density at radius 1 is 1.38 bits per heavy atom. The molecule has 2 rings (SSSR count). The van der Waals surface area contributed by atoms with Gasteiger partial charge in [-0.3, -0.25) is 14.9 Å². The van der Waals surface area contributed by atoms with Crippen LogP contribution in [0.15, 0.2) is 18.2 Å². The highest BCUT2D eigenvalue weighted by atomic mass is 16.6. The maximum absolute atomic E-state index is 12.3. The Labute approximate surface area is 140 Å². The first kappa shape index (κ1) is 17.9. The van der Waals surface area contributed by atoms with Crippen molar-refractivity contribution in [1.29, 1.82) is 0 Å². The van der Waals surface area contributed by atoms with E-state index in [1.54, 1.807) is 4.90 Å². The highest BCUT2D eigenvalue weighted by Crippen LogP contribution is 2.22. The number of carbonyl (C=O) groups is 2. The van der Waals surface area contributed by atoms with E-state index in [0.717, 1.165) is 25.7 Å². The third-order valence-electron chi connectivity index (χ3n) is 4.47. The second kappa shape index (κ2) is 7.90. The third-order valence-corrected chi connectivity index (χ3v) is 4.47. The lowest BCUT2D eigenvalue weighted by Gasteiger charge is -2.35. The van der Waals surface area contributed by atoms with Crippen LogP contribution in [0.3, 0.4) is 0 Å². The lowest BCUT2D eigenvalue weighted by molar-refractivity contribution is -0.385. The summed E-state index contributed by atoms with van der Waals surface area (Å²) in [7, 11) is 0. The fourth-order valence-electron chi connectivity index (χ4n) is 3.08. The van der Waals surface area contributed by atoms with Crippen LogP contribution < -0.4 is 0 Å². The van der Waals surface area contributed by atoms with Crippen LogP contribution in [0.2, 0.25) is 0 Å². The van der Waals surface area contributed by atoms with E-state index in [2.05, 4.69) is 0 Å². The molecule has 0 saturated carbocycles. The zero-order chi connectivity index (χ0) is 17.7. The molecule has 130 valence electrons. The maximum atomic E-state index is 12.3. The summed E-state index contributed by atoms with van der Waals surface area (Å²) in [5.41, 5.74) is 0.213. The molecular weight excluding hydrogens is 312 g/mol. The van der Waals surface area contributed by atoms with Gasteiger partial charge in [-0.1, -0.05) is 13.0 Å². The highest BCUT2D eigenvalue weighted by Gasteiger charge is 2.26. The molecule has 1 fully saturated rings. The number of benzene rings is 1. The first-order valence-electron chi connectivity index (χ1n) is 8.16. The van der Waals surface area contributed by atoms with E-state index in [4.69, 9.17) is 4.74 Å². The number of rotatable bonds is 5.